The van der Waals surface area contributed by atoms with Crippen LogP contribution in [0.2, 0.25) is 0 Å². The van der Waals surface area contributed by atoms with Crippen LogP contribution in [-0.2, 0) is 22.4 Å². The van der Waals surface area contributed by atoms with E-state index < -0.39 is 0 Å². The standard InChI is InChI=1S/C20H22N2O2/c23-20(24-14-4-5-16-10-12-21-13-11-16)9-3-6-17-15-22-19-8-2-1-7-18(17)19/h1-2,7-8,10-13,15,22H,3-6,9,14H2. The summed E-state index contributed by atoms with van der Waals surface area (Å²) in [6.45, 7) is 0.480. The van der Waals surface area contributed by atoms with Gasteiger partial charge in [-0.15, -0.1) is 0 Å². The van der Waals surface area contributed by atoms with Gasteiger partial charge in [0.25, 0.3) is 0 Å². The fourth-order valence-electron chi connectivity index (χ4n) is 2.85. The maximum absolute atomic E-state index is 11.8. The van der Waals surface area contributed by atoms with Crippen LogP contribution in [0.4, 0.5) is 0 Å². The van der Waals surface area contributed by atoms with E-state index in [1.165, 1.54) is 16.5 Å². The fraction of sp³-hybridized carbons (Fsp3) is 0.300. The van der Waals surface area contributed by atoms with Gasteiger partial charge in [-0.2, -0.15) is 0 Å². The molecule has 0 saturated carbocycles. The van der Waals surface area contributed by atoms with Gasteiger partial charge in [0, 0.05) is 35.9 Å². The molecule has 1 aromatic carbocycles. The van der Waals surface area contributed by atoms with Crippen LogP contribution >= 0.6 is 0 Å². The molecule has 3 aromatic rings. The van der Waals surface area contributed by atoms with Crippen LogP contribution in [-0.4, -0.2) is 22.5 Å². The molecule has 2 heterocycles. The van der Waals surface area contributed by atoms with Gasteiger partial charge in [-0.05, 0) is 55.0 Å². The lowest BCUT2D eigenvalue weighted by Crippen LogP contribution is -2.07. The van der Waals surface area contributed by atoms with Crippen molar-refractivity contribution in [2.75, 3.05) is 6.61 Å². The number of pyridine rings is 1. The Morgan fingerprint density at radius 3 is 2.75 bits per heavy atom. The van der Waals surface area contributed by atoms with Crippen molar-refractivity contribution in [1.29, 1.82) is 0 Å². The third-order valence-electron chi connectivity index (χ3n) is 4.12. The Morgan fingerprint density at radius 1 is 1.04 bits per heavy atom. The van der Waals surface area contributed by atoms with Crippen LogP contribution in [0.5, 0.6) is 0 Å². The topological polar surface area (TPSA) is 55.0 Å². The van der Waals surface area contributed by atoms with E-state index in [9.17, 15) is 4.79 Å². The number of carbonyl (C=O) groups excluding carboxylic acids is 1. The number of ether oxygens (including phenoxy) is 1. The quantitative estimate of drug-likeness (QED) is 0.502. The van der Waals surface area contributed by atoms with Gasteiger partial charge >= 0.3 is 5.97 Å². The summed E-state index contributed by atoms with van der Waals surface area (Å²) in [5.41, 5.74) is 3.63. The number of hydrogen-bond acceptors (Lipinski definition) is 3. The molecular weight excluding hydrogens is 300 g/mol. The lowest BCUT2D eigenvalue weighted by Gasteiger charge is -2.05. The van der Waals surface area contributed by atoms with Crippen LogP contribution in [0, 0.1) is 0 Å². The molecule has 0 saturated heterocycles. The van der Waals surface area contributed by atoms with Crippen molar-refractivity contribution in [3.63, 3.8) is 0 Å². The molecule has 4 heteroatoms. The van der Waals surface area contributed by atoms with Gasteiger partial charge in [0.05, 0.1) is 6.61 Å². The normalized spacial score (nSPS) is 10.8. The van der Waals surface area contributed by atoms with Gasteiger partial charge in [0.1, 0.15) is 0 Å². The van der Waals surface area contributed by atoms with Crippen LogP contribution in [0.1, 0.15) is 30.4 Å². The number of nitrogens with one attached hydrogen (secondary N) is 1. The second-order valence-corrected chi connectivity index (χ2v) is 5.89. The Kier molecular flexibility index (Phi) is 5.61. The van der Waals surface area contributed by atoms with Crippen molar-refractivity contribution in [3.8, 4) is 0 Å². The number of rotatable bonds is 8. The Hall–Kier alpha value is -2.62. The third kappa shape index (κ3) is 4.44. The molecule has 0 spiro atoms. The lowest BCUT2D eigenvalue weighted by molar-refractivity contribution is -0.143. The first kappa shape index (κ1) is 16.2. The lowest BCUT2D eigenvalue weighted by atomic mass is 10.1. The van der Waals surface area contributed by atoms with Gasteiger partial charge in [-0.25, -0.2) is 0 Å². The summed E-state index contributed by atoms with van der Waals surface area (Å²) in [5.74, 6) is -0.107. The number of hydrogen-bond donors (Lipinski definition) is 1. The highest BCUT2D eigenvalue weighted by atomic mass is 16.5. The molecule has 0 amide bonds. The predicted octanol–water partition coefficient (Wildman–Crippen LogP) is 4.06. The fourth-order valence-corrected chi connectivity index (χ4v) is 2.85. The molecule has 0 aliphatic heterocycles. The molecule has 0 bridgehead atoms. The number of aryl methyl sites for hydroxylation is 2. The van der Waals surface area contributed by atoms with Crippen molar-refractivity contribution < 1.29 is 9.53 Å². The van der Waals surface area contributed by atoms with Gasteiger partial charge in [0.2, 0.25) is 0 Å². The van der Waals surface area contributed by atoms with Crippen LogP contribution < -0.4 is 0 Å². The first-order valence-corrected chi connectivity index (χ1v) is 8.42. The second-order valence-electron chi connectivity index (χ2n) is 5.89. The van der Waals surface area contributed by atoms with E-state index in [1.54, 1.807) is 12.4 Å². The number of H-pyrrole nitrogens is 1. The molecule has 0 radical (unpaired) electrons. The average molecular weight is 322 g/mol. The highest BCUT2D eigenvalue weighted by molar-refractivity contribution is 5.83. The Balaban J connectivity index is 1.34. The summed E-state index contributed by atoms with van der Waals surface area (Å²) in [6.07, 6.45) is 9.52. The zero-order valence-electron chi connectivity index (χ0n) is 13.7. The van der Waals surface area contributed by atoms with Gasteiger partial charge < -0.3 is 9.72 Å². The average Bonchev–Trinajstić information content (AvgIpc) is 3.03. The van der Waals surface area contributed by atoms with Crippen LogP contribution in [0.3, 0.4) is 0 Å². The molecule has 4 nitrogen and oxygen atoms in total. The highest BCUT2D eigenvalue weighted by Crippen LogP contribution is 2.19. The maximum atomic E-state index is 11.8. The minimum atomic E-state index is -0.107. The molecule has 124 valence electrons. The summed E-state index contributed by atoms with van der Waals surface area (Å²) in [7, 11) is 0. The van der Waals surface area contributed by atoms with Crippen molar-refractivity contribution in [3.05, 3.63) is 66.1 Å². The van der Waals surface area contributed by atoms with Crippen molar-refractivity contribution >= 4 is 16.9 Å². The zero-order valence-corrected chi connectivity index (χ0v) is 13.7. The Bertz CT molecular complexity index is 780. The summed E-state index contributed by atoms with van der Waals surface area (Å²) in [5, 5.41) is 1.24. The van der Waals surface area contributed by atoms with Crippen molar-refractivity contribution in [2.24, 2.45) is 0 Å². The molecule has 24 heavy (non-hydrogen) atoms. The van der Waals surface area contributed by atoms with Gasteiger partial charge in [-0.1, -0.05) is 18.2 Å². The number of aromatic nitrogens is 2. The number of esters is 1. The molecular formula is C20H22N2O2. The molecule has 2 aromatic heterocycles. The first-order valence-electron chi connectivity index (χ1n) is 8.42. The summed E-state index contributed by atoms with van der Waals surface area (Å²) >= 11 is 0. The van der Waals surface area contributed by atoms with E-state index >= 15 is 0 Å². The second kappa shape index (κ2) is 8.29. The summed E-state index contributed by atoms with van der Waals surface area (Å²) < 4.78 is 5.31. The zero-order chi connectivity index (χ0) is 16.6. The van der Waals surface area contributed by atoms with E-state index in [2.05, 4.69) is 22.1 Å². The smallest absolute Gasteiger partial charge is 0.305 e. The largest absolute Gasteiger partial charge is 0.466 e. The highest BCUT2D eigenvalue weighted by Gasteiger charge is 2.06. The molecule has 3 rings (SSSR count). The van der Waals surface area contributed by atoms with Crippen LogP contribution in [0.15, 0.2) is 55.0 Å². The summed E-state index contributed by atoms with van der Waals surface area (Å²) in [4.78, 5) is 19.1. The van der Waals surface area contributed by atoms with Crippen molar-refractivity contribution in [1.82, 2.24) is 9.97 Å². The van der Waals surface area contributed by atoms with E-state index in [0.29, 0.717) is 13.0 Å². The molecule has 0 fully saturated rings. The monoisotopic (exact) mass is 322 g/mol. The number of aromatic amines is 1. The van der Waals surface area contributed by atoms with E-state index in [1.807, 2.05) is 30.5 Å². The number of benzene rings is 1. The maximum Gasteiger partial charge on any atom is 0.305 e. The SMILES string of the molecule is O=C(CCCc1c[nH]c2ccccc12)OCCCc1ccncc1. The predicted molar refractivity (Wildman–Crippen MR) is 94.8 cm³/mol. The third-order valence-corrected chi connectivity index (χ3v) is 4.12. The van der Waals surface area contributed by atoms with Crippen molar-refractivity contribution in [2.45, 2.75) is 32.1 Å². The molecule has 1 N–H and O–H groups in total. The summed E-state index contributed by atoms with van der Waals surface area (Å²) in [6, 6.07) is 12.2. The van der Waals surface area contributed by atoms with Gasteiger partial charge in [0.15, 0.2) is 0 Å². The number of carbonyl (C=O) groups is 1. The number of fused-ring (bicyclic) bond motifs is 1. The van der Waals surface area contributed by atoms with E-state index in [0.717, 1.165) is 31.2 Å². The Labute approximate surface area is 141 Å². The van der Waals surface area contributed by atoms with E-state index in [-0.39, 0.29) is 5.97 Å². The molecule has 0 atom stereocenters. The minimum Gasteiger partial charge on any atom is -0.466 e. The van der Waals surface area contributed by atoms with Crippen LogP contribution in [0.25, 0.3) is 10.9 Å². The Morgan fingerprint density at radius 2 is 1.88 bits per heavy atom. The number of nitrogens with zero attached hydrogens (tertiary/aromatic N) is 1. The first-order chi connectivity index (χ1) is 11.8. The molecule has 0 aliphatic carbocycles. The van der Waals surface area contributed by atoms with Gasteiger partial charge in [-0.3, -0.25) is 9.78 Å². The molecule has 0 aliphatic rings. The minimum absolute atomic E-state index is 0.107. The van der Waals surface area contributed by atoms with E-state index in [4.69, 9.17) is 4.74 Å². The molecule has 0 unspecified atom stereocenters. The number of para-hydroxylation sites is 1.